The van der Waals surface area contributed by atoms with Gasteiger partial charge in [0.1, 0.15) is 12.4 Å². The SMILES string of the molecule is CC(Cc1ccc(OCc2ccccc2)cc1)C(=O)C1C(=O)OC(CC2CCCCC2)C1=O. The van der Waals surface area contributed by atoms with E-state index in [1.165, 1.54) is 6.42 Å². The molecule has 5 nitrogen and oxygen atoms in total. The maximum Gasteiger partial charge on any atom is 0.325 e. The lowest BCUT2D eigenvalue weighted by Gasteiger charge is -2.23. The Labute approximate surface area is 195 Å². The van der Waals surface area contributed by atoms with Crippen LogP contribution < -0.4 is 4.74 Å². The monoisotopic (exact) mass is 448 g/mol. The second-order valence-corrected chi connectivity index (χ2v) is 9.43. The van der Waals surface area contributed by atoms with Crippen LogP contribution in [0, 0.1) is 17.8 Å². The lowest BCUT2D eigenvalue weighted by atomic mass is 9.82. The molecular formula is C28H32O5. The summed E-state index contributed by atoms with van der Waals surface area (Å²) in [5, 5.41) is 0. The predicted molar refractivity (Wildman–Crippen MR) is 125 cm³/mol. The summed E-state index contributed by atoms with van der Waals surface area (Å²) in [7, 11) is 0. The van der Waals surface area contributed by atoms with Gasteiger partial charge < -0.3 is 9.47 Å². The Kier molecular flexibility index (Phi) is 7.58. The zero-order chi connectivity index (χ0) is 23.2. The first-order chi connectivity index (χ1) is 16.0. The van der Waals surface area contributed by atoms with Gasteiger partial charge in [0.05, 0.1) is 0 Å². The van der Waals surface area contributed by atoms with Crippen molar-refractivity contribution in [2.24, 2.45) is 17.8 Å². The fourth-order valence-electron chi connectivity index (χ4n) is 4.92. The number of hydrogen-bond donors (Lipinski definition) is 0. The molecule has 1 aliphatic carbocycles. The van der Waals surface area contributed by atoms with E-state index in [2.05, 4.69) is 0 Å². The smallest absolute Gasteiger partial charge is 0.325 e. The molecule has 0 radical (unpaired) electrons. The second-order valence-electron chi connectivity index (χ2n) is 9.43. The number of benzene rings is 2. The number of carbonyl (C=O) groups excluding carboxylic acids is 3. The van der Waals surface area contributed by atoms with E-state index in [1.54, 1.807) is 6.92 Å². The molecular weight excluding hydrogens is 416 g/mol. The topological polar surface area (TPSA) is 69.7 Å². The Morgan fingerprint density at radius 2 is 1.67 bits per heavy atom. The highest BCUT2D eigenvalue weighted by atomic mass is 16.6. The highest BCUT2D eigenvalue weighted by Crippen LogP contribution is 2.32. The first kappa shape index (κ1) is 23.2. The molecule has 0 amide bonds. The molecule has 0 spiro atoms. The molecule has 2 aromatic carbocycles. The summed E-state index contributed by atoms with van der Waals surface area (Å²) in [6, 6.07) is 17.5. The molecule has 0 N–H and O–H groups in total. The van der Waals surface area contributed by atoms with Gasteiger partial charge in [-0.25, -0.2) is 0 Å². The van der Waals surface area contributed by atoms with Crippen LogP contribution in [0.4, 0.5) is 0 Å². The molecule has 2 aliphatic rings. The third kappa shape index (κ3) is 5.89. The summed E-state index contributed by atoms with van der Waals surface area (Å²) in [5.74, 6) is -1.89. The Bertz CT molecular complexity index is 960. The molecule has 3 atom stereocenters. The molecule has 1 saturated carbocycles. The molecule has 2 fully saturated rings. The lowest BCUT2D eigenvalue weighted by Crippen LogP contribution is -2.33. The average Bonchev–Trinajstić information content (AvgIpc) is 3.12. The summed E-state index contributed by atoms with van der Waals surface area (Å²) in [6.45, 7) is 2.26. The summed E-state index contributed by atoms with van der Waals surface area (Å²) >= 11 is 0. The minimum absolute atomic E-state index is 0.333. The molecule has 174 valence electrons. The number of esters is 1. The van der Waals surface area contributed by atoms with Gasteiger partial charge in [-0.3, -0.25) is 14.4 Å². The van der Waals surface area contributed by atoms with Gasteiger partial charge in [-0.15, -0.1) is 0 Å². The van der Waals surface area contributed by atoms with Gasteiger partial charge in [0.25, 0.3) is 0 Å². The summed E-state index contributed by atoms with van der Waals surface area (Å²) in [4.78, 5) is 38.2. The normalized spacial score (nSPS) is 22.1. The Hall–Kier alpha value is -2.95. The van der Waals surface area contributed by atoms with Crippen LogP contribution in [-0.4, -0.2) is 23.6 Å². The minimum Gasteiger partial charge on any atom is -0.489 e. The molecule has 4 rings (SSSR count). The fraction of sp³-hybridized carbons (Fsp3) is 0.464. The van der Waals surface area contributed by atoms with Gasteiger partial charge in [0.2, 0.25) is 0 Å². The molecule has 0 bridgehead atoms. The molecule has 1 heterocycles. The lowest BCUT2D eigenvalue weighted by molar-refractivity contribution is -0.148. The molecule has 5 heteroatoms. The van der Waals surface area contributed by atoms with Crippen LogP contribution in [0.1, 0.15) is 56.6 Å². The van der Waals surface area contributed by atoms with Crippen LogP contribution in [0.3, 0.4) is 0 Å². The van der Waals surface area contributed by atoms with Crippen molar-refractivity contribution >= 4 is 17.5 Å². The molecule has 1 aliphatic heterocycles. The van der Waals surface area contributed by atoms with Crippen molar-refractivity contribution in [2.45, 2.75) is 64.6 Å². The highest BCUT2D eigenvalue weighted by molar-refractivity contribution is 6.22. The van der Waals surface area contributed by atoms with E-state index in [0.717, 1.165) is 42.6 Å². The third-order valence-electron chi connectivity index (χ3n) is 6.85. The first-order valence-corrected chi connectivity index (χ1v) is 12.0. The van der Waals surface area contributed by atoms with Gasteiger partial charge in [-0.2, -0.15) is 0 Å². The average molecular weight is 449 g/mol. The van der Waals surface area contributed by atoms with E-state index < -0.39 is 23.9 Å². The quantitative estimate of drug-likeness (QED) is 0.395. The van der Waals surface area contributed by atoms with E-state index in [1.807, 2.05) is 54.6 Å². The van der Waals surface area contributed by atoms with Crippen molar-refractivity contribution in [3.05, 3.63) is 65.7 Å². The van der Waals surface area contributed by atoms with Gasteiger partial charge in [0.15, 0.2) is 23.6 Å². The minimum atomic E-state index is -1.26. The number of Topliss-reactive ketones (excluding diaryl/α,β-unsaturated/α-hetero) is 2. The van der Waals surface area contributed by atoms with Crippen molar-refractivity contribution < 1.29 is 23.9 Å². The Morgan fingerprint density at radius 1 is 0.970 bits per heavy atom. The molecule has 0 aromatic heterocycles. The van der Waals surface area contributed by atoms with Gasteiger partial charge in [0, 0.05) is 5.92 Å². The van der Waals surface area contributed by atoms with Crippen molar-refractivity contribution in [3.8, 4) is 5.75 Å². The van der Waals surface area contributed by atoms with Gasteiger partial charge in [-0.1, -0.05) is 81.5 Å². The van der Waals surface area contributed by atoms with Crippen LogP contribution in [0.5, 0.6) is 5.75 Å². The standard InChI is InChI=1S/C28H32O5/c1-19(16-21-12-14-23(15-13-21)32-18-22-10-6-3-7-11-22)26(29)25-27(30)24(33-28(25)31)17-20-8-4-2-5-9-20/h3,6-7,10-15,19-20,24-25H,2,4-5,8-9,16-18H2,1H3. The second kappa shape index (κ2) is 10.8. The number of ether oxygens (including phenoxy) is 2. The fourth-order valence-corrected chi connectivity index (χ4v) is 4.92. The van der Waals surface area contributed by atoms with Gasteiger partial charge in [-0.05, 0) is 42.0 Å². The van der Waals surface area contributed by atoms with Crippen molar-refractivity contribution in [1.82, 2.24) is 0 Å². The van der Waals surface area contributed by atoms with Crippen molar-refractivity contribution in [1.29, 1.82) is 0 Å². The van der Waals surface area contributed by atoms with E-state index in [0.29, 0.717) is 25.4 Å². The number of cyclic esters (lactones) is 1. The van der Waals surface area contributed by atoms with E-state index >= 15 is 0 Å². The van der Waals surface area contributed by atoms with Crippen LogP contribution in [0.2, 0.25) is 0 Å². The van der Waals surface area contributed by atoms with E-state index in [4.69, 9.17) is 9.47 Å². The molecule has 33 heavy (non-hydrogen) atoms. The zero-order valence-electron chi connectivity index (χ0n) is 19.2. The summed E-state index contributed by atoms with van der Waals surface area (Å²) in [6.07, 6.45) is 5.97. The zero-order valence-corrected chi connectivity index (χ0v) is 19.2. The van der Waals surface area contributed by atoms with Crippen LogP contribution in [0.15, 0.2) is 54.6 Å². The van der Waals surface area contributed by atoms with Crippen LogP contribution >= 0.6 is 0 Å². The number of ketones is 2. The van der Waals surface area contributed by atoms with E-state index in [9.17, 15) is 14.4 Å². The Balaban J connectivity index is 1.30. The molecule has 3 unspecified atom stereocenters. The summed E-state index contributed by atoms with van der Waals surface area (Å²) < 4.78 is 11.2. The van der Waals surface area contributed by atoms with Gasteiger partial charge >= 0.3 is 5.97 Å². The van der Waals surface area contributed by atoms with Crippen molar-refractivity contribution in [3.63, 3.8) is 0 Å². The van der Waals surface area contributed by atoms with Crippen LogP contribution in [-0.2, 0) is 32.1 Å². The Morgan fingerprint density at radius 3 is 2.36 bits per heavy atom. The first-order valence-electron chi connectivity index (χ1n) is 12.0. The molecule has 1 saturated heterocycles. The highest BCUT2D eigenvalue weighted by Gasteiger charge is 2.49. The molecule has 2 aromatic rings. The maximum atomic E-state index is 13.0. The largest absolute Gasteiger partial charge is 0.489 e. The van der Waals surface area contributed by atoms with E-state index in [-0.39, 0.29) is 11.6 Å². The third-order valence-corrected chi connectivity index (χ3v) is 6.85. The van der Waals surface area contributed by atoms with Crippen molar-refractivity contribution in [2.75, 3.05) is 0 Å². The maximum absolute atomic E-state index is 13.0. The number of carbonyl (C=O) groups is 3. The summed E-state index contributed by atoms with van der Waals surface area (Å²) in [5.41, 5.74) is 2.05. The number of rotatable bonds is 9. The van der Waals surface area contributed by atoms with Crippen LogP contribution in [0.25, 0.3) is 0 Å². The number of hydrogen-bond acceptors (Lipinski definition) is 5. The predicted octanol–water partition coefficient (Wildman–Crippen LogP) is 5.09.